The molecule has 0 aliphatic heterocycles. The average Bonchev–Trinajstić information content (AvgIpc) is 2.65. The van der Waals surface area contributed by atoms with Crippen LogP contribution < -0.4 is 11.1 Å². The van der Waals surface area contributed by atoms with Crippen LogP contribution in [-0.4, -0.2) is 31.8 Å². The molecule has 3 unspecified atom stereocenters. The Kier molecular flexibility index (Phi) is 5.45. The fourth-order valence-electron chi connectivity index (χ4n) is 2.10. The molecule has 0 spiro atoms. The first-order chi connectivity index (χ1) is 6.77. The van der Waals surface area contributed by atoms with Crippen LogP contribution in [0.4, 0.5) is 0 Å². The summed E-state index contributed by atoms with van der Waals surface area (Å²) in [7, 11) is 1.81. The lowest BCUT2D eigenvalue weighted by Gasteiger charge is -2.20. The van der Waals surface area contributed by atoms with Gasteiger partial charge in [0.25, 0.3) is 0 Å². The summed E-state index contributed by atoms with van der Waals surface area (Å²) < 4.78 is 5.41. The van der Waals surface area contributed by atoms with E-state index < -0.39 is 0 Å². The standard InChI is InChI=1S/C11H24N2O/c1-3-9(12)7-8-13-10-5-4-6-11(10)14-2/h9-11,13H,3-8,12H2,1-2H3. The summed E-state index contributed by atoms with van der Waals surface area (Å²) in [6.45, 7) is 3.16. The Morgan fingerprint density at radius 1 is 1.50 bits per heavy atom. The Morgan fingerprint density at radius 2 is 2.29 bits per heavy atom. The molecule has 0 radical (unpaired) electrons. The Morgan fingerprint density at radius 3 is 2.93 bits per heavy atom. The van der Waals surface area contributed by atoms with Crippen molar-refractivity contribution in [3.8, 4) is 0 Å². The van der Waals surface area contributed by atoms with Gasteiger partial charge in [0.15, 0.2) is 0 Å². The Bertz CT molecular complexity index is 152. The van der Waals surface area contributed by atoms with Gasteiger partial charge in [-0.05, 0) is 38.6 Å². The predicted molar refractivity (Wildman–Crippen MR) is 59.3 cm³/mol. The summed E-state index contributed by atoms with van der Waals surface area (Å²) in [5, 5.41) is 3.54. The van der Waals surface area contributed by atoms with E-state index in [4.69, 9.17) is 10.5 Å². The summed E-state index contributed by atoms with van der Waals surface area (Å²) in [5.41, 5.74) is 5.85. The van der Waals surface area contributed by atoms with Crippen molar-refractivity contribution in [2.75, 3.05) is 13.7 Å². The lowest BCUT2D eigenvalue weighted by Crippen LogP contribution is -2.39. The Labute approximate surface area is 87.4 Å². The molecular formula is C11H24N2O. The number of nitrogens with two attached hydrogens (primary N) is 1. The molecule has 3 heteroatoms. The Balaban J connectivity index is 2.11. The van der Waals surface area contributed by atoms with E-state index in [1.54, 1.807) is 0 Å². The highest BCUT2D eigenvalue weighted by atomic mass is 16.5. The third-order valence-corrected chi connectivity index (χ3v) is 3.20. The van der Waals surface area contributed by atoms with Crippen molar-refractivity contribution in [3.05, 3.63) is 0 Å². The maximum absolute atomic E-state index is 5.85. The van der Waals surface area contributed by atoms with Crippen LogP contribution in [0.2, 0.25) is 0 Å². The van der Waals surface area contributed by atoms with Crippen LogP contribution in [0.25, 0.3) is 0 Å². The molecule has 0 aromatic carbocycles. The highest BCUT2D eigenvalue weighted by Crippen LogP contribution is 2.21. The minimum Gasteiger partial charge on any atom is -0.380 e. The van der Waals surface area contributed by atoms with Crippen molar-refractivity contribution in [1.82, 2.24) is 5.32 Å². The van der Waals surface area contributed by atoms with Gasteiger partial charge >= 0.3 is 0 Å². The van der Waals surface area contributed by atoms with Gasteiger partial charge in [-0.1, -0.05) is 6.92 Å². The van der Waals surface area contributed by atoms with Gasteiger partial charge in [0.2, 0.25) is 0 Å². The molecular weight excluding hydrogens is 176 g/mol. The normalized spacial score (nSPS) is 29.4. The monoisotopic (exact) mass is 200 g/mol. The molecule has 0 saturated heterocycles. The zero-order valence-corrected chi connectivity index (χ0v) is 9.46. The molecule has 0 heterocycles. The molecule has 0 bridgehead atoms. The highest BCUT2D eigenvalue weighted by molar-refractivity contribution is 4.83. The maximum atomic E-state index is 5.85. The van der Waals surface area contributed by atoms with Crippen molar-refractivity contribution in [2.24, 2.45) is 5.73 Å². The van der Waals surface area contributed by atoms with E-state index in [-0.39, 0.29) is 0 Å². The molecule has 0 aromatic heterocycles. The molecule has 1 saturated carbocycles. The first kappa shape index (κ1) is 12.0. The van der Waals surface area contributed by atoms with Crippen LogP contribution in [0, 0.1) is 0 Å². The zero-order valence-electron chi connectivity index (χ0n) is 9.46. The molecule has 1 aliphatic carbocycles. The van der Waals surface area contributed by atoms with Crippen molar-refractivity contribution in [1.29, 1.82) is 0 Å². The third kappa shape index (κ3) is 3.56. The molecule has 1 rings (SSSR count). The quantitative estimate of drug-likeness (QED) is 0.679. The van der Waals surface area contributed by atoms with Crippen LogP contribution in [0.5, 0.6) is 0 Å². The van der Waals surface area contributed by atoms with Crippen LogP contribution in [0.1, 0.15) is 39.0 Å². The second-order valence-electron chi connectivity index (χ2n) is 4.22. The first-order valence-corrected chi connectivity index (χ1v) is 5.79. The summed E-state index contributed by atoms with van der Waals surface area (Å²) in [5.74, 6) is 0. The van der Waals surface area contributed by atoms with E-state index >= 15 is 0 Å². The number of methoxy groups -OCH3 is 1. The second kappa shape index (κ2) is 6.38. The number of rotatable bonds is 6. The van der Waals surface area contributed by atoms with Crippen LogP contribution in [0.15, 0.2) is 0 Å². The molecule has 84 valence electrons. The van der Waals surface area contributed by atoms with E-state index in [0.29, 0.717) is 18.2 Å². The smallest absolute Gasteiger partial charge is 0.0724 e. The molecule has 1 fully saturated rings. The first-order valence-electron chi connectivity index (χ1n) is 5.79. The fourth-order valence-corrected chi connectivity index (χ4v) is 2.10. The zero-order chi connectivity index (χ0) is 10.4. The van der Waals surface area contributed by atoms with Gasteiger partial charge in [-0.15, -0.1) is 0 Å². The van der Waals surface area contributed by atoms with Crippen molar-refractivity contribution >= 4 is 0 Å². The van der Waals surface area contributed by atoms with Gasteiger partial charge in [0, 0.05) is 19.2 Å². The fraction of sp³-hybridized carbons (Fsp3) is 1.00. The van der Waals surface area contributed by atoms with Crippen molar-refractivity contribution < 1.29 is 4.74 Å². The number of hydrogen-bond donors (Lipinski definition) is 2. The van der Waals surface area contributed by atoms with Crippen LogP contribution in [-0.2, 0) is 4.74 Å². The summed E-state index contributed by atoms with van der Waals surface area (Å²) in [6, 6.07) is 0.911. The van der Waals surface area contributed by atoms with Crippen LogP contribution in [0.3, 0.4) is 0 Å². The topological polar surface area (TPSA) is 47.3 Å². The summed E-state index contributed by atoms with van der Waals surface area (Å²) in [4.78, 5) is 0. The molecule has 0 amide bonds. The summed E-state index contributed by atoms with van der Waals surface area (Å²) >= 11 is 0. The van der Waals surface area contributed by atoms with Gasteiger partial charge in [0.1, 0.15) is 0 Å². The molecule has 3 atom stereocenters. The highest BCUT2D eigenvalue weighted by Gasteiger charge is 2.26. The van der Waals surface area contributed by atoms with E-state index in [1.807, 2.05) is 7.11 Å². The van der Waals surface area contributed by atoms with E-state index in [0.717, 1.165) is 19.4 Å². The SMILES string of the molecule is CCC(N)CCNC1CCCC1OC. The van der Waals surface area contributed by atoms with Crippen molar-refractivity contribution in [2.45, 2.75) is 57.2 Å². The van der Waals surface area contributed by atoms with E-state index in [9.17, 15) is 0 Å². The van der Waals surface area contributed by atoms with Crippen LogP contribution >= 0.6 is 0 Å². The van der Waals surface area contributed by atoms with Gasteiger partial charge < -0.3 is 15.8 Å². The molecule has 3 nitrogen and oxygen atoms in total. The largest absolute Gasteiger partial charge is 0.380 e. The summed E-state index contributed by atoms with van der Waals surface area (Å²) in [6.07, 6.45) is 6.31. The molecule has 14 heavy (non-hydrogen) atoms. The maximum Gasteiger partial charge on any atom is 0.0724 e. The van der Waals surface area contributed by atoms with Gasteiger partial charge in [0.05, 0.1) is 6.10 Å². The van der Waals surface area contributed by atoms with Gasteiger partial charge in [-0.2, -0.15) is 0 Å². The van der Waals surface area contributed by atoms with E-state index in [2.05, 4.69) is 12.2 Å². The lowest BCUT2D eigenvalue weighted by molar-refractivity contribution is 0.0850. The number of hydrogen-bond acceptors (Lipinski definition) is 3. The van der Waals surface area contributed by atoms with Crippen molar-refractivity contribution in [3.63, 3.8) is 0 Å². The molecule has 3 N–H and O–H groups in total. The average molecular weight is 200 g/mol. The minimum atomic E-state index is 0.352. The lowest BCUT2D eigenvalue weighted by atomic mass is 10.1. The predicted octanol–water partition coefficient (Wildman–Crippen LogP) is 1.27. The molecule has 0 aromatic rings. The molecule has 1 aliphatic rings. The third-order valence-electron chi connectivity index (χ3n) is 3.20. The van der Waals surface area contributed by atoms with Gasteiger partial charge in [-0.3, -0.25) is 0 Å². The number of nitrogens with one attached hydrogen (secondary N) is 1. The second-order valence-corrected chi connectivity index (χ2v) is 4.22. The van der Waals surface area contributed by atoms with Gasteiger partial charge in [-0.25, -0.2) is 0 Å². The Hall–Kier alpha value is -0.120. The van der Waals surface area contributed by atoms with E-state index in [1.165, 1.54) is 19.3 Å². The number of ether oxygens (including phenoxy) is 1. The minimum absolute atomic E-state index is 0.352.